The molecule has 6 heteroatoms. The third-order valence-electron chi connectivity index (χ3n) is 2.99. The molecule has 1 unspecified atom stereocenters. The highest BCUT2D eigenvalue weighted by Crippen LogP contribution is 2.30. The van der Waals surface area contributed by atoms with Crippen LogP contribution < -0.4 is 10.6 Å². The predicted molar refractivity (Wildman–Crippen MR) is 69.0 cm³/mol. The zero-order valence-electron chi connectivity index (χ0n) is 9.60. The molecule has 0 aromatic heterocycles. The first-order valence-corrected chi connectivity index (χ1v) is 6.05. The number of benzene rings is 1. The molecule has 1 aliphatic rings. The molecule has 1 amide bonds. The number of anilines is 2. The molecule has 5 nitrogen and oxygen atoms in total. The molecule has 1 saturated heterocycles. The van der Waals surface area contributed by atoms with Crippen LogP contribution in [0.25, 0.3) is 0 Å². The first-order valence-electron chi connectivity index (χ1n) is 5.52. The van der Waals surface area contributed by atoms with Crippen molar-refractivity contribution in [1.82, 2.24) is 0 Å². The molecule has 18 heavy (non-hydrogen) atoms. The number of nitrogens with two attached hydrogens (primary N) is 1. The third kappa shape index (κ3) is 2.26. The van der Waals surface area contributed by atoms with Crippen LogP contribution in [-0.2, 0) is 4.79 Å². The summed E-state index contributed by atoms with van der Waals surface area (Å²) in [5.74, 6) is -0.525. The monoisotopic (exact) mass is 268 g/mol. The number of carboxylic acids is 1. The fourth-order valence-electron chi connectivity index (χ4n) is 2.05. The van der Waals surface area contributed by atoms with E-state index in [2.05, 4.69) is 0 Å². The van der Waals surface area contributed by atoms with Crippen molar-refractivity contribution in [2.45, 2.75) is 6.42 Å². The first kappa shape index (κ1) is 12.7. The fraction of sp³-hybridized carbons (Fsp3) is 0.333. The molecular formula is C12H13ClN2O3. The van der Waals surface area contributed by atoms with Gasteiger partial charge in [-0.05, 0) is 24.1 Å². The molecule has 0 radical (unpaired) electrons. The number of carbonyl (C=O) groups excluding carboxylic acids is 1. The highest BCUT2D eigenvalue weighted by atomic mass is 35.5. The topological polar surface area (TPSA) is 83.6 Å². The Morgan fingerprint density at radius 3 is 2.78 bits per heavy atom. The van der Waals surface area contributed by atoms with E-state index in [0.29, 0.717) is 30.2 Å². The van der Waals surface area contributed by atoms with Gasteiger partial charge in [-0.1, -0.05) is 0 Å². The van der Waals surface area contributed by atoms with Crippen molar-refractivity contribution >= 4 is 34.9 Å². The van der Waals surface area contributed by atoms with Gasteiger partial charge in [-0.15, -0.1) is 11.6 Å². The molecule has 1 aromatic carbocycles. The minimum atomic E-state index is -1.04. The SMILES string of the molecule is Nc1cc(C(=O)O)ccc1N1CC(CCl)CC1=O. The van der Waals surface area contributed by atoms with Crippen LogP contribution >= 0.6 is 11.6 Å². The Hall–Kier alpha value is -1.75. The summed E-state index contributed by atoms with van der Waals surface area (Å²) in [6.45, 7) is 0.527. The van der Waals surface area contributed by atoms with Crippen LogP contribution in [0.2, 0.25) is 0 Å². The Labute approximate surface area is 109 Å². The van der Waals surface area contributed by atoms with Gasteiger partial charge in [-0.3, -0.25) is 4.79 Å². The van der Waals surface area contributed by atoms with E-state index in [9.17, 15) is 9.59 Å². The molecule has 1 heterocycles. The summed E-state index contributed by atoms with van der Waals surface area (Å²) in [7, 11) is 0. The second-order valence-corrected chi connectivity index (χ2v) is 4.62. The van der Waals surface area contributed by atoms with Gasteiger partial charge in [0.2, 0.25) is 5.91 Å². The number of halogens is 1. The molecule has 0 saturated carbocycles. The van der Waals surface area contributed by atoms with Crippen LogP contribution in [0.1, 0.15) is 16.8 Å². The zero-order valence-corrected chi connectivity index (χ0v) is 10.4. The summed E-state index contributed by atoms with van der Waals surface area (Å²) in [5, 5.41) is 8.84. The fourth-order valence-corrected chi connectivity index (χ4v) is 2.26. The lowest BCUT2D eigenvalue weighted by Crippen LogP contribution is -2.25. The predicted octanol–water partition coefficient (Wildman–Crippen LogP) is 1.56. The van der Waals surface area contributed by atoms with E-state index in [1.165, 1.54) is 12.1 Å². The Morgan fingerprint density at radius 1 is 1.56 bits per heavy atom. The van der Waals surface area contributed by atoms with E-state index in [1.54, 1.807) is 11.0 Å². The van der Waals surface area contributed by atoms with Crippen LogP contribution in [0.3, 0.4) is 0 Å². The molecule has 1 fully saturated rings. The largest absolute Gasteiger partial charge is 0.478 e. The van der Waals surface area contributed by atoms with Gasteiger partial charge in [-0.2, -0.15) is 0 Å². The minimum absolute atomic E-state index is 0.0320. The average molecular weight is 269 g/mol. The quantitative estimate of drug-likeness (QED) is 0.644. The van der Waals surface area contributed by atoms with Gasteiger partial charge in [0.15, 0.2) is 0 Å². The maximum atomic E-state index is 11.8. The molecule has 96 valence electrons. The van der Waals surface area contributed by atoms with Crippen molar-refractivity contribution in [3.05, 3.63) is 23.8 Å². The number of hydrogen-bond acceptors (Lipinski definition) is 3. The summed E-state index contributed by atoms with van der Waals surface area (Å²) in [5.41, 5.74) is 6.75. The number of nitrogens with zero attached hydrogens (tertiary/aromatic N) is 1. The van der Waals surface area contributed by atoms with Crippen molar-refractivity contribution in [1.29, 1.82) is 0 Å². The lowest BCUT2D eigenvalue weighted by atomic mass is 10.1. The van der Waals surface area contributed by atoms with E-state index in [-0.39, 0.29) is 17.4 Å². The Kier molecular flexibility index (Phi) is 3.43. The number of hydrogen-bond donors (Lipinski definition) is 2. The molecule has 0 aliphatic carbocycles. The van der Waals surface area contributed by atoms with Crippen molar-refractivity contribution in [3.8, 4) is 0 Å². The van der Waals surface area contributed by atoms with Gasteiger partial charge in [0.1, 0.15) is 0 Å². The summed E-state index contributed by atoms with van der Waals surface area (Å²) < 4.78 is 0. The van der Waals surface area contributed by atoms with Crippen LogP contribution in [0.15, 0.2) is 18.2 Å². The van der Waals surface area contributed by atoms with Crippen LogP contribution in [0.5, 0.6) is 0 Å². The second kappa shape index (κ2) is 4.86. The molecule has 1 aromatic rings. The highest BCUT2D eigenvalue weighted by Gasteiger charge is 2.31. The summed E-state index contributed by atoms with van der Waals surface area (Å²) >= 11 is 5.74. The third-order valence-corrected chi connectivity index (χ3v) is 3.43. The standard InChI is InChI=1S/C12H13ClN2O3/c13-5-7-3-11(16)15(6-7)10-2-1-8(12(17)18)4-9(10)14/h1-2,4,7H,3,5-6,14H2,(H,17,18). The van der Waals surface area contributed by atoms with Crippen molar-refractivity contribution in [2.24, 2.45) is 5.92 Å². The molecule has 0 spiro atoms. The molecule has 3 N–H and O–H groups in total. The normalized spacial score (nSPS) is 19.3. The smallest absolute Gasteiger partial charge is 0.335 e. The van der Waals surface area contributed by atoms with E-state index in [1.807, 2.05) is 0 Å². The van der Waals surface area contributed by atoms with Gasteiger partial charge in [0.25, 0.3) is 0 Å². The maximum absolute atomic E-state index is 11.8. The van der Waals surface area contributed by atoms with Crippen LogP contribution in [0, 0.1) is 5.92 Å². The Balaban J connectivity index is 2.29. The summed E-state index contributed by atoms with van der Waals surface area (Å²) in [6, 6.07) is 4.36. The summed E-state index contributed by atoms with van der Waals surface area (Å²) in [6.07, 6.45) is 0.406. The molecular weight excluding hydrogens is 256 g/mol. The van der Waals surface area contributed by atoms with E-state index >= 15 is 0 Å². The number of rotatable bonds is 3. The van der Waals surface area contributed by atoms with Crippen molar-refractivity contribution in [2.75, 3.05) is 23.1 Å². The van der Waals surface area contributed by atoms with Crippen LogP contribution in [-0.4, -0.2) is 29.4 Å². The Bertz CT molecular complexity index is 504. The van der Waals surface area contributed by atoms with Gasteiger partial charge < -0.3 is 15.7 Å². The lowest BCUT2D eigenvalue weighted by Gasteiger charge is -2.18. The van der Waals surface area contributed by atoms with E-state index in [4.69, 9.17) is 22.4 Å². The van der Waals surface area contributed by atoms with Gasteiger partial charge in [0.05, 0.1) is 16.9 Å². The van der Waals surface area contributed by atoms with Crippen LogP contribution in [0.4, 0.5) is 11.4 Å². The number of nitrogen functional groups attached to an aromatic ring is 1. The highest BCUT2D eigenvalue weighted by molar-refractivity contribution is 6.18. The van der Waals surface area contributed by atoms with Gasteiger partial charge in [0, 0.05) is 18.8 Å². The number of carbonyl (C=O) groups is 2. The number of alkyl halides is 1. The van der Waals surface area contributed by atoms with Gasteiger partial charge in [-0.25, -0.2) is 4.79 Å². The Morgan fingerprint density at radius 2 is 2.28 bits per heavy atom. The molecule has 1 aliphatic heterocycles. The van der Waals surface area contributed by atoms with E-state index in [0.717, 1.165) is 0 Å². The zero-order chi connectivity index (χ0) is 13.3. The number of aromatic carboxylic acids is 1. The second-order valence-electron chi connectivity index (χ2n) is 4.31. The average Bonchev–Trinajstić information content (AvgIpc) is 2.70. The number of carboxylic acid groups (broad SMARTS) is 1. The summed E-state index contributed by atoms with van der Waals surface area (Å²) in [4.78, 5) is 24.2. The molecule has 2 rings (SSSR count). The lowest BCUT2D eigenvalue weighted by molar-refractivity contribution is -0.117. The molecule has 1 atom stereocenters. The number of amides is 1. The van der Waals surface area contributed by atoms with Crippen molar-refractivity contribution in [3.63, 3.8) is 0 Å². The van der Waals surface area contributed by atoms with Gasteiger partial charge >= 0.3 is 5.97 Å². The minimum Gasteiger partial charge on any atom is -0.478 e. The maximum Gasteiger partial charge on any atom is 0.335 e. The van der Waals surface area contributed by atoms with Crippen molar-refractivity contribution < 1.29 is 14.7 Å². The first-order chi connectivity index (χ1) is 8.52. The molecule has 0 bridgehead atoms. The van der Waals surface area contributed by atoms with E-state index < -0.39 is 5.97 Å².